The molecule has 0 bridgehead atoms. The Labute approximate surface area is 225 Å². The van der Waals surface area contributed by atoms with E-state index < -0.39 is 5.54 Å². The average molecular weight is 510 g/mol. The highest BCUT2D eigenvalue weighted by Gasteiger charge is 2.55. The van der Waals surface area contributed by atoms with Crippen molar-refractivity contribution in [2.75, 3.05) is 18.0 Å². The van der Waals surface area contributed by atoms with Crippen molar-refractivity contribution < 1.29 is 4.79 Å². The minimum absolute atomic E-state index is 0.0531. The van der Waals surface area contributed by atoms with E-state index in [1.54, 1.807) is 0 Å². The lowest BCUT2D eigenvalue weighted by Crippen LogP contribution is -2.62. The number of piperidine rings is 1. The van der Waals surface area contributed by atoms with Crippen LogP contribution >= 0.6 is 0 Å². The summed E-state index contributed by atoms with van der Waals surface area (Å²) in [6.45, 7) is 1.88. The van der Waals surface area contributed by atoms with Crippen LogP contribution in [0.25, 0.3) is 10.8 Å². The number of hydrogen-bond donors (Lipinski definition) is 4. The summed E-state index contributed by atoms with van der Waals surface area (Å²) < 4.78 is 0. The number of hydrogen-bond acceptors (Lipinski definition) is 4. The Morgan fingerprint density at radius 3 is 2.39 bits per heavy atom. The van der Waals surface area contributed by atoms with E-state index in [1.807, 2.05) is 12.1 Å². The van der Waals surface area contributed by atoms with Crippen molar-refractivity contribution in [1.29, 1.82) is 5.41 Å². The molecule has 6 heteroatoms. The van der Waals surface area contributed by atoms with Gasteiger partial charge < -0.3 is 21.3 Å². The number of amidine groups is 1. The lowest BCUT2D eigenvalue weighted by molar-refractivity contribution is -0.129. The number of amides is 1. The first-order valence-corrected chi connectivity index (χ1v) is 14.3. The summed E-state index contributed by atoms with van der Waals surface area (Å²) in [4.78, 5) is 17.1. The maximum absolute atomic E-state index is 14.7. The van der Waals surface area contributed by atoms with Crippen LogP contribution in [0.3, 0.4) is 0 Å². The molecule has 2 aliphatic heterocycles. The van der Waals surface area contributed by atoms with Crippen LogP contribution in [0.5, 0.6) is 0 Å². The zero-order valence-corrected chi connectivity index (χ0v) is 22.1. The molecule has 3 aromatic carbocycles. The molecule has 1 unspecified atom stereocenters. The Bertz CT molecular complexity index is 1340. The summed E-state index contributed by atoms with van der Waals surface area (Å²) in [5, 5.41) is 17.4. The number of rotatable bonds is 5. The second kappa shape index (κ2) is 10.4. The van der Waals surface area contributed by atoms with Crippen molar-refractivity contribution in [3.05, 3.63) is 71.8 Å². The lowest BCUT2D eigenvalue weighted by Gasteiger charge is -2.45. The van der Waals surface area contributed by atoms with Gasteiger partial charge in [-0.05, 0) is 79.2 Å². The van der Waals surface area contributed by atoms with Crippen molar-refractivity contribution >= 4 is 33.9 Å². The predicted octanol–water partition coefficient (Wildman–Crippen LogP) is 5.40. The molecule has 6 nitrogen and oxygen atoms in total. The molecule has 2 heterocycles. The van der Waals surface area contributed by atoms with Gasteiger partial charge in [0.2, 0.25) is 5.91 Å². The van der Waals surface area contributed by atoms with E-state index in [0.717, 1.165) is 73.9 Å². The third-order valence-corrected chi connectivity index (χ3v) is 9.09. The van der Waals surface area contributed by atoms with Gasteiger partial charge in [-0.25, -0.2) is 0 Å². The fourth-order valence-corrected chi connectivity index (χ4v) is 7.09. The molecule has 3 aromatic rings. The molecule has 5 N–H and O–H groups in total. The number of nitrogens with zero attached hydrogens (tertiary/aromatic N) is 1. The maximum atomic E-state index is 14.7. The minimum Gasteiger partial charge on any atom is -0.384 e. The lowest BCUT2D eigenvalue weighted by atomic mass is 9.75. The third kappa shape index (κ3) is 4.45. The van der Waals surface area contributed by atoms with Crippen molar-refractivity contribution in [3.8, 4) is 0 Å². The summed E-state index contributed by atoms with van der Waals surface area (Å²) >= 11 is 0. The fraction of sp³-hybridized carbons (Fsp3) is 0.438. The Kier molecular flexibility index (Phi) is 6.83. The molecule has 1 saturated carbocycles. The van der Waals surface area contributed by atoms with E-state index in [2.05, 4.69) is 64.1 Å². The molecule has 1 aliphatic carbocycles. The van der Waals surface area contributed by atoms with Crippen LogP contribution in [0, 0.1) is 11.3 Å². The Morgan fingerprint density at radius 2 is 1.66 bits per heavy atom. The molecule has 0 spiro atoms. The number of carbonyl (C=O) groups is 1. The molecular weight excluding hydrogens is 470 g/mol. The van der Waals surface area contributed by atoms with Crippen molar-refractivity contribution in [2.24, 2.45) is 11.7 Å². The molecule has 0 radical (unpaired) electrons. The number of anilines is 2. The first kappa shape index (κ1) is 24.9. The second-order valence-corrected chi connectivity index (χ2v) is 11.4. The van der Waals surface area contributed by atoms with Gasteiger partial charge in [0.25, 0.3) is 0 Å². The topological polar surface area (TPSA) is 94.2 Å². The summed E-state index contributed by atoms with van der Waals surface area (Å²) in [6.07, 6.45) is 9.50. The molecule has 2 fully saturated rings. The molecule has 6 rings (SSSR count). The van der Waals surface area contributed by atoms with Gasteiger partial charge in [0.05, 0.1) is 0 Å². The van der Waals surface area contributed by atoms with E-state index in [-0.39, 0.29) is 23.7 Å². The van der Waals surface area contributed by atoms with Crippen LogP contribution in [0.1, 0.15) is 62.5 Å². The average Bonchev–Trinajstić information content (AvgIpc) is 3.07. The molecule has 198 valence electrons. The van der Waals surface area contributed by atoms with E-state index in [1.165, 1.54) is 18.2 Å². The van der Waals surface area contributed by atoms with Gasteiger partial charge in [-0.15, -0.1) is 0 Å². The maximum Gasteiger partial charge on any atom is 0.247 e. The first-order valence-electron chi connectivity index (χ1n) is 14.3. The van der Waals surface area contributed by atoms with E-state index >= 15 is 0 Å². The zero-order chi connectivity index (χ0) is 26.1. The Hall–Kier alpha value is -3.38. The van der Waals surface area contributed by atoms with E-state index in [0.29, 0.717) is 12.0 Å². The standard InChI is InChI=1S/C32H39N5O/c33-30(34)24-11-12-25-21-32(26-9-3-1-2-4-10-26,31(38)36-27-15-17-35-18-16-27)37(29(25)20-24)28-14-13-22-7-5-6-8-23(22)19-28/h5-8,11-14,19-20,26-27,35H,1-4,9-10,15-18,21H2,(H3,33,34)(H,36,38). The van der Waals surface area contributed by atoms with Gasteiger partial charge in [0.1, 0.15) is 11.4 Å². The normalized spacial score (nSPS) is 22.7. The van der Waals surface area contributed by atoms with E-state index in [4.69, 9.17) is 11.1 Å². The fourth-order valence-electron chi connectivity index (χ4n) is 7.09. The highest BCUT2D eigenvalue weighted by atomic mass is 16.2. The Balaban J connectivity index is 1.53. The summed E-state index contributed by atoms with van der Waals surface area (Å²) in [7, 11) is 0. The molecule has 1 saturated heterocycles. The van der Waals surface area contributed by atoms with Gasteiger partial charge >= 0.3 is 0 Å². The smallest absolute Gasteiger partial charge is 0.247 e. The van der Waals surface area contributed by atoms with Gasteiger partial charge in [-0.2, -0.15) is 0 Å². The first-order chi connectivity index (χ1) is 18.6. The van der Waals surface area contributed by atoms with Gasteiger partial charge in [0.15, 0.2) is 0 Å². The van der Waals surface area contributed by atoms with Crippen molar-refractivity contribution in [3.63, 3.8) is 0 Å². The van der Waals surface area contributed by atoms with Gasteiger partial charge in [-0.3, -0.25) is 10.2 Å². The van der Waals surface area contributed by atoms with Crippen molar-refractivity contribution in [1.82, 2.24) is 10.6 Å². The van der Waals surface area contributed by atoms with Crippen LogP contribution < -0.4 is 21.3 Å². The van der Waals surface area contributed by atoms with Crippen molar-refractivity contribution in [2.45, 2.75) is 69.4 Å². The molecule has 0 aromatic heterocycles. The minimum atomic E-state index is -0.713. The number of carbonyl (C=O) groups excluding carboxylic acids is 1. The highest BCUT2D eigenvalue weighted by Crippen LogP contribution is 2.51. The molecular formula is C32H39N5O. The zero-order valence-electron chi connectivity index (χ0n) is 22.1. The largest absolute Gasteiger partial charge is 0.384 e. The van der Waals surface area contributed by atoms with Crippen LogP contribution in [-0.2, 0) is 11.2 Å². The molecule has 1 amide bonds. The third-order valence-electron chi connectivity index (χ3n) is 9.09. The SMILES string of the molecule is N=C(N)c1ccc2c(c1)N(c1ccc3ccccc3c1)C(C(=O)NC1CCNCC1)(C1CCCCCC1)C2. The molecule has 3 aliphatic rings. The summed E-state index contributed by atoms with van der Waals surface area (Å²) in [6, 6.07) is 21.2. The Morgan fingerprint density at radius 1 is 0.921 bits per heavy atom. The highest BCUT2D eigenvalue weighted by molar-refractivity contribution is 6.01. The van der Waals surface area contributed by atoms with Crippen LogP contribution in [-0.4, -0.2) is 36.4 Å². The van der Waals surface area contributed by atoms with Crippen LogP contribution in [0.15, 0.2) is 60.7 Å². The number of fused-ring (bicyclic) bond motifs is 2. The molecule has 38 heavy (non-hydrogen) atoms. The quantitative estimate of drug-likeness (QED) is 0.211. The second-order valence-electron chi connectivity index (χ2n) is 11.4. The molecule has 1 atom stereocenters. The van der Waals surface area contributed by atoms with Crippen LogP contribution in [0.4, 0.5) is 11.4 Å². The van der Waals surface area contributed by atoms with E-state index in [9.17, 15) is 4.79 Å². The summed E-state index contributed by atoms with van der Waals surface area (Å²) in [5.74, 6) is 0.453. The number of nitrogen functional groups attached to an aromatic ring is 1. The van der Waals surface area contributed by atoms with Gasteiger partial charge in [-0.1, -0.05) is 68.1 Å². The van der Waals surface area contributed by atoms with Crippen LogP contribution in [0.2, 0.25) is 0 Å². The summed E-state index contributed by atoms with van der Waals surface area (Å²) in [5.41, 5.74) is 9.15. The number of nitrogens with one attached hydrogen (secondary N) is 3. The van der Waals surface area contributed by atoms with Gasteiger partial charge in [0, 0.05) is 29.4 Å². The predicted molar refractivity (Wildman–Crippen MR) is 155 cm³/mol. The monoisotopic (exact) mass is 509 g/mol. The number of benzene rings is 3. The number of nitrogens with two attached hydrogens (primary N) is 1.